The van der Waals surface area contributed by atoms with Crippen molar-refractivity contribution in [3.05, 3.63) is 29.8 Å². The number of amides is 2. The number of hydrogen-bond acceptors (Lipinski definition) is 2. The number of nitrogens with one attached hydrogen (secondary N) is 1. The summed E-state index contributed by atoms with van der Waals surface area (Å²) in [7, 11) is 0. The Morgan fingerprint density at radius 1 is 1.29 bits per heavy atom. The van der Waals surface area contributed by atoms with Crippen LogP contribution in [0, 0.1) is 0 Å². The van der Waals surface area contributed by atoms with Gasteiger partial charge < -0.3 is 5.32 Å². The lowest BCUT2D eigenvalue weighted by atomic mass is 9.90. The van der Waals surface area contributed by atoms with Crippen LogP contribution in [0.3, 0.4) is 0 Å². The van der Waals surface area contributed by atoms with Gasteiger partial charge in [0.15, 0.2) is 0 Å². The Morgan fingerprint density at radius 3 is 2.67 bits per heavy atom. The van der Waals surface area contributed by atoms with Gasteiger partial charge in [0.2, 0.25) is 5.91 Å². The lowest BCUT2D eigenvalue weighted by Crippen LogP contribution is -2.69. The van der Waals surface area contributed by atoms with Gasteiger partial charge in [0, 0.05) is 5.69 Å². The highest BCUT2D eigenvalue weighted by molar-refractivity contribution is 6.10. The second-order valence-electron chi connectivity index (χ2n) is 6.15. The molecule has 21 heavy (non-hydrogen) atoms. The van der Waals surface area contributed by atoms with Crippen molar-refractivity contribution < 1.29 is 9.59 Å². The molecule has 0 aromatic heterocycles. The van der Waals surface area contributed by atoms with Gasteiger partial charge in [-0.3, -0.25) is 14.5 Å². The highest BCUT2D eigenvalue weighted by atomic mass is 16.2. The van der Waals surface area contributed by atoms with Crippen molar-refractivity contribution >= 4 is 17.5 Å². The van der Waals surface area contributed by atoms with Crippen LogP contribution in [0.25, 0.3) is 0 Å². The smallest absolute Gasteiger partial charge is 0.253 e. The van der Waals surface area contributed by atoms with Crippen LogP contribution in [0.5, 0.6) is 0 Å². The number of aryl methyl sites for hydroxylation is 1. The fourth-order valence-electron chi connectivity index (χ4n) is 3.50. The number of piperazine rings is 1. The molecule has 1 aliphatic carbocycles. The van der Waals surface area contributed by atoms with E-state index in [0.717, 1.165) is 37.8 Å². The molecule has 3 rings (SSSR count). The Labute approximate surface area is 125 Å². The van der Waals surface area contributed by atoms with Crippen molar-refractivity contribution in [2.24, 2.45) is 0 Å². The Balaban J connectivity index is 2.01. The van der Waals surface area contributed by atoms with Gasteiger partial charge >= 0.3 is 0 Å². The molecular weight excluding hydrogens is 264 g/mol. The van der Waals surface area contributed by atoms with E-state index in [1.165, 1.54) is 5.56 Å². The maximum Gasteiger partial charge on any atom is 0.253 e. The third-order valence-electron chi connectivity index (χ3n) is 4.81. The molecular formula is C17H22N2O2. The second-order valence-corrected chi connectivity index (χ2v) is 6.15. The molecule has 2 amide bonds. The Morgan fingerprint density at radius 2 is 2.00 bits per heavy atom. The van der Waals surface area contributed by atoms with Crippen LogP contribution in [0.4, 0.5) is 5.69 Å². The van der Waals surface area contributed by atoms with Gasteiger partial charge in [0.25, 0.3) is 5.91 Å². The third-order valence-corrected chi connectivity index (χ3v) is 4.81. The summed E-state index contributed by atoms with van der Waals surface area (Å²) in [6, 6.07) is 7.51. The molecule has 1 saturated carbocycles. The number of anilines is 1. The van der Waals surface area contributed by atoms with E-state index in [1.807, 2.05) is 24.3 Å². The normalized spacial score (nSPS) is 24.5. The van der Waals surface area contributed by atoms with Gasteiger partial charge in [-0.05, 0) is 43.9 Å². The monoisotopic (exact) mass is 286 g/mol. The summed E-state index contributed by atoms with van der Waals surface area (Å²) in [6.07, 6.45) is 4.44. The zero-order chi connectivity index (χ0) is 15.0. The molecule has 2 aliphatic rings. The molecule has 4 heteroatoms. The minimum atomic E-state index is -0.661. The largest absolute Gasteiger partial charge is 0.340 e. The van der Waals surface area contributed by atoms with Gasteiger partial charge in [0.05, 0.1) is 0 Å². The quantitative estimate of drug-likeness (QED) is 0.907. The van der Waals surface area contributed by atoms with Crippen LogP contribution in [-0.2, 0) is 16.0 Å². The van der Waals surface area contributed by atoms with Gasteiger partial charge in [-0.25, -0.2) is 0 Å². The lowest BCUT2D eigenvalue weighted by Gasteiger charge is -2.43. The molecule has 1 unspecified atom stereocenters. The van der Waals surface area contributed by atoms with Gasteiger partial charge in [-0.1, -0.05) is 31.9 Å². The Kier molecular flexibility index (Phi) is 3.47. The summed E-state index contributed by atoms with van der Waals surface area (Å²) < 4.78 is 0. The fourth-order valence-corrected chi connectivity index (χ4v) is 3.50. The van der Waals surface area contributed by atoms with E-state index < -0.39 is 11.6 Å². The van der Waals surface area contributed by atoms with Crippen molar-refractivity contribution in [2.45, 2.75) is 57.5 Å². The third kappa shape index (κ3) is 2.23. The van der Waals surface area contributed by atoms with Crippen LogP contribution in [-0.4, -0.2) is 23.4 Å². The number of hydrogen-bond donors (Lipinski definition) is 1. The Bertz CT molecular complexity index is 576. The zero-order valence-corrected chi connectivity index (χ0v) is 12.7. The average molecular weight is 286 g/mol. The summed E-state index contributed by atoms with van der Waals surface area (Å²) in [5.41, 5.74) is 1.36. The van der Waals surface area contributed by atoms with Crippen LogP contribution < -0.4 is 10.2 Å². The van der Waals surface area contributed by atoms with E-state index >= 15 is 0 Å². The van der Waals surface area contributed by atoms with E-state index in [-0.39, 0.29) is 11.8 Å². The fraction of sp³-hybridized carbons (Fsp3) is 0.529. The number of rotatable bonds is 2. The van der Waals surface area contributed by atoms with Crippen molar-refractivity contribution in [2.75, 3.05) is 4.90 Å². The maximum atomic E-state index is 13.0. The lowest BCUT2D eigenvalue weighted by molar-refractivity contribution is -0.137. The molecule has 1 heterocycles. The molecule has 1 atom stereocenters. The minimum absolute atomic E-state index is 0.0431. The molecule has 0 radical (unpaired) electrons. The van der Waals surface area contributed by atoms with E-state index in [2.05, 4.69) is 12.2 Å². The van der Waals surface area contributed by atoms with E-state index in [9.17, 15) is 9.59 Å². The van der Waals surface area contributed by atoms with Crippen molar-refractivity contribution in [1.82, 2.24) is 5.32 Å². The molecule has 112 valence electrons. The summed E-state index contributed by atoms with van der Waals surface area (Å²) >= 11 is 0. The molecule has 1 aromatic carbocycles. The van der Waals surface area contributed by atoms with Crippen molar-refractivity contribution in [3.8, 4) is 0 Å². The average Bonchev–Trinajstić information content (AvgIpc) is 2.95. The van der Waals surface area contributed by atoms with Crippen LogP contribution in [0.15, 0.2) is 24.3 Å². The molecule has 0 bridgehead atoms. The van der Waals surface area contributed by atoms with Crippen LogP contribution in [0.2, 0.25) is 0 Å². The first kappa shape index (κ1) is 14.1. The first-order valence-electron chi connectivity index (χ1n) is 7.82. The predicted octanol–water partition coefficient (Wildman–Crippen LogP) is 2.41. The van der Waals surface area contributed by atoms with Crippen LogP contribution >= 0.6 is 0 Å². The molecule has 1 aliphatic heterocycles. The highest BCUT2D eigenvalue weighted by Gasteiger charge is 2.51. The van der Waals surface area contributed by atoms with Crippen LogP contribution in [0.1, 0.15) is 45.1 Å². The van der Waals surface area contributed by atoms with Gasteiger partial charge in [0.1, 0.15) is 11.6 Å². The standard InChI is InChI=1S/C17H22N2O2/c1-3-13-7-6-8-14(11-13)19-12(2)15(20)18-17(16(19)21)9-4-5-10-17/h6-8,11-12H,3-5,9-10H2,1-2H3,(H,18,20). The van der Waals surface area contributed by atoms with E-state index in [1.54, 1.807) is 11.8 Å². The highest BCUT2D eigenvalue weighted by Crippen LogP contribution is 2.36. The first-order chi connectivity index (χ1) is 10.1. The molecule has 1 aromatic rings. The second kappa shape index (κ2) is 5.17. The van der Waals surface area contributed by atoms with Gasteiger partial charge in [-0.15, -0.1) is 0 Å². The summed E-state index contributed by atoms with van der Waals surface area (Å²) in [4.78, 5) is 27.0. The minimum Gasteiger partial charge on any atom is -0.340 e. The zero-order valence-electron chi connectivity index (χ0n) is 12.7. The number of carbonyl (C=O) groups is 2. The number of nitrogens with zero attached hydrogens (tertiary/aromatic N) is 1. The maximum absolute atomic E-state index is 13.0. The van der Waals surface area contributed by atoms with Crippen molar-refractivity contribution in [1.29, 1.82) is 0 Å². The molecule has 1 N–H and O–H groups in total. The number of benzene rings is 1. The van der Waals surface area contributed by atoms with Crippen molar-refractivity contribution in [3.63, 3.8) is 0 Å². The topological polar surface area (TPSA) is 49.4 Å². The van der Waals surface area contributed by atoms with Gasteiger partial charge in [-0.2, -0.15) is 0 Å². The molecule has 2 fully saturated rings. The summed E-state index contributed by atoms with van der Waals surface area (Å²) in [5, 5.41) is 2.99. The first-order valence-corrected chi connectivity index (χ1v) is 7.82. The molecule has 4 nitrogen and oxygen atoms in total. The number of carbonyl (C=O) groups excluding carboxylic acids is 2. The van der Waals surface area contributed by atoms with E-state index in [0.29, 0.717) is 0 Å². The summed E-state index contributed by atoms with van der Waals surface area (Å²) in [6.45, 7) is 3.89. The predicted molar refractivity (Wildman–Crippen MR) is 82.1 cm³/mol. The molecule has 1 spiro atoms. The summed E-state index contributed by atoms with van der Waals surface area (Å²) in [5.74, 6) is 0.0127. The van der Waals surface area contributed by atoms with E-state index in [4.69, 9.17) is 0 Å². The SMILES string of the molecule is CCc1cccc(N2C(=O)C3(CCCC3)NC(=O)C2C)c1. The Hall–Kier alpha value is -1.84. The molecule has 1 saturated heterocycles.